The smallest absolute Gasteiger partial charge is 0.167 e. The predicted molar refractivity (Wildman–Crippen MR) is 85.0 cm³/mol. The average Bonchev–Trinajstić information content (AvgIpc) is 2.45. The fourth-order valence-corrected chi connectivity index (χ4v) is 2.37. The lowest BCUT2D eigenvalue weighted by molar-refractivity contribution is 0.426. The second-order valence-electron chi connectivity index (χ2n) is 4.61. The van der Waals surface area contributed by atoms with E-state index in [1.54, 1.807) is 24.3 Å². The second-order valence-corrected chi connectivity index (χ2v) is 5.46. The first-order valence-corrected chi connectivity index (χ1v) is 7.43. The highest BCUT2D eigenvalue weighted by Crippen LogP contribution is 2.36. The van der Waals surface area contributed by atoms with E-state index in [1.807, 2.05) is 19.9 Å². The first-order valence-electron chi connectivity index (χ1n) is 6.67. The fourth-order valence-electron chi connectivity index (χ4n) is 2.06. The molecule has 0 fully saturated rings. The molecule has 0 bridgehead atoms. The number of benzene rings is 2. The van der Waals surface area contributed by atoms with Crippen molar-refractivity contribution in [1.29, 1.82) is 0 Å². The fraction of sp³-hybridized carbons (Fsp3) is 0.250. The van der Waals surface area contributed by atoms with Crippen molar-refractivity contribution in [2.75, 3.05) is 6.54 Å². The summed E-state index contributed by atoms with van der Waals surface area (Å²) in [6, 6.07) is 9.63. The Labute approximate surface area is 133 Å². The normalized spacial score (nSPS) is 12.2. The Hall–Kier alpha value is -1.29. The van der Waals surface area contributed by atoms with Crippen LogP contribution in [0.25, 0.3) is 0 Å². The van der Waals surface area contributed by atoms with Gasteiger partial charge in [-0.05, 0) is 31.7 Å². The van der Waals surface area contributed by atoms with Crippen LogP contribution in [0.1, 0.15) is 25.5 Å². The molecule has 1 atom stereocenters. The zero-order chi connectivity index (χ0) is 15.4. The van der Waals surface area contributed by atoms with Crippen molar-refractivity contribution in [2.24, 2.45) is 0 Å². The molecular formula is C16H16Cl2FNO. The van der Waals surface area contributed by atoms with Gasteiger partial charge >= 0.3 is 0 Å². The van der Waals surface area contributed by atoms with Crippen molar-refractivity contribution in [3.8, 4) is 11.5 Å². The lowest BCUT2D eigenvalue weighted by atomic mass is 10.1. The first kappa shape index (κ1) is 16.1. The molecule has 2 aromatic carbocycles. The Kier molecular flexibility index (Phi) is 5.45. The highest BCUT2D eigenvalue weighted by Gasteiger charge is 2.17. The summed E-state index contributed by atoms with van der Waals surface area (Å²) in [6.45, 7) is 4.71. The van der Waals surface area contributed by atoms with Gasteiger partial charge in [-0.1, -0.05) is 42.3 Å². The largest absolute Gasteiger partial charge is 0.452 e. The molecule has 5 heteroatoms. The third kappa shape index (κ3) is 3.88. The van der Waals surface area contributed by atoms with Gasteiger partial charge in [0.15, 0.2) is 11.6 Å². The van der Waals surface area contributed by atoms with E-state index in [4.69, 9.17) is 27.9 Å². The average molecular weight is 328 g/mol. The molecule has 1 N–H and O–H groups in total. The van der Waals surface area contributed by atoms with Crippen molar-refractivity contribution >= 4 is 23.2 Å². The van der Waals surface area contributed by atoms with Crippen molar-refractivity contribution in [1.82, 2.24) is 5.32 Å². The van der Waals surface area contributed by atoms with E-state index in [1.165, 1.54) is 6.07 Å². The summed E-state index contributed by atoms with van der Waals surface area (Å²) in [6.07, 6.45) is 0. The molecular weight excluding hydrogens is 312 g/mol. The van der Waals surface area contributed by atoms with E-state index in [-0.39, 0.29) is 11.8 Å². The summed E-state index contributed by atoms with van der Waals surface area (Å²) in [4.78, 5) is 0. The quantitative estimate of drug-likeness (QED) is 0.772. The summed E-state index contributed by atoms with van der Waals surface area (Å²) < 4.78 is 19.8. The third-order valence-corrected chi connectivity index (χ3v) is 3.63. The number of nitrogens with one attached hydrogen (secondary N) is 1. The number of halogens is 3. The van der Waals surface area contributed by atoms with Gasteiger partial charge in [0, 0.05) is 22.7 Å². The molecule has 0 amide bonds. The van der Waals surface area contributed by atoms with Crippen molar-refractivity contribution < 1.29 is 9.13 Å². The predicted octanol–water partition coefficient (Wildman–Crippen LogP) is 5.60. The third-order valence-electron chi connectivity index (χ3n) is 3.08. The van der Waals surface area contributed by atoms with Gasteiger partial charge in [0.25, 0.3) is 0 Å². The van der Waals surface area contributed by atoms with Crippen molar-refractivity contribution in [3.63, 3.8) is 0 Å². The Bertz CT molecular complexity index is 634. The number of para-hydroxylation sites is 1. The molecule has 2 aromatic rings. The van der Waals surface area contributed by atoms with Crippen LogP contribution in [0.5, 0.6) is 11.5 Å². The van der Waals surface area contributed by atoms with E-state index in [0.717, 1.165) is 12.1 Å². The molecule has 0 saturated carbocycles. The van der Waals surface area contributed by atoms with Crippen LogP contribution in [-0.2, 0) is 0 Å². The molecule has 0 heterocycles. The Morgan fingerprint density at radius 1 is 1.24 bits per heavy atom. The molecule has 0 aromatic heterocycles. The number of hydrogen-bond acceptors (Lipinski definition) is 2. The zero-order valence-electron chi connectivity index (χ0n) is 11.8. The SMILES string of the molecule is CCNC(C)c1cccc(F)c1Oc1cc(Cl)ccc1Cl. The minimum atomic E-state index is -0.437. The minimum absolute atomic E-state index is 0.0429. The number of hydrogen-bond donors (Lipinski definition) is 1. The summed E-state index contributed by atoms with van der Waals surface area (Å²) in [5, 5.41) is 4.09. The molecule has 1 unspecified atom stereocenters. The van der Waals surface area contributed by atoms with Crippen LogP contribution < -0.4 is 10.1 Å². The molecule has 0 aliphatic carbocycles. The molecule has 2 rings (SSSR count). The Morgan fingerprint density at radius 3 is 2.71 bits per heavy atom. The summed E-state index contributed by atoms with van der Waals surface area (Å²) in [5.41, 5.74) is 0.730. The minimum Gasteiger partial charge on any atom is -0.452 e. The lowest BCUT2D eigenvalue weighted by Gasteiger charge is -2.18. The maximum absolute atomic E-state index is 14.1. The van der Waals surface area contributed by atoms with Gasteiger partial charge in [-0.25, -0.2) is 4.39 Å². The summed E-state index contributed by atoms with van der Waals surface area (Å²) in [7, 11) is 0. The standard InChI is InChI=1S/C16H16Cl2FNO/c1-3-20-10(2)12-5-4-6-14(19)16(12)21-15-9-11(17)7-8-13(15)18/h4-10,20H,3H2,1-2H3. The van der Waals surface area contributed by atoms with E-state index in [0.29, 0.717) is 15.8 Å². The summed E-state index contributed by atoms with van der Waals surface area (Å²) in [5.74, 6) is 0.0580. The monoisotopic (exact) mass is 327 g/mol. The van der Waals surface area contributed by atoms with E-state index in [9.17, 15) is 4.39 Å². The first-order chi connectivity index (χ1) is 10.0. The van der Waals surface area contributed by atoms with Gasteiger partial charge in [-0.3, -0.25) is 0 Å². The van der Waals surface area contributed by atoms with E-state index >= 15 is 0 Å². The summed E-state index contributed by atoms with van der Waals surface area (Å²) >= 11 is 12.0. The van der Waals surface area contributed by atoms with Crippen molar-refractivity contribution in [2.45, 2.75) is 19.9 Å². The molecule has 0 radical (unpaired) electrons. The highest BCUT2D eigenvalue weighted by molar-refractivity contribution is 6.34. The van der Waals surface area contributed by atoms with Crippen LogP contribution in [0.15, 0.2) is 36.4 Å². The van der Waals surface area contributed by atoms with Crippen LogP contribution in [0.4, 0.5) is 4.39 Å². The van der Waals surface area contributed by atoms with Gasteiger partial charge in [-0.15, -0.1) is 0 Å². The van der Waals surface area contributed by atoms with Gasteiger partial charge in [-0.2, -0.15) is 0 Å². The zero-order valence-corrected chi connectivity index (χ0v) is 13.3. The van der Waals surface area contributed by atoms with Crippen LogP contribution in [-0.4, -0.2) is 6.54 Å². The Morgan fingerprint density at radius 2 is 2.00 bits per heavy atom. The molecule has 0 aliphatic rings. The van der Waals surface area contributed by atoms with Gasteiger partial charge in [0.2, 0.25) is 0 Å². The van der Waals surface area contributed by atoms with Gasteiger partial charge < -0.3 is 10.1 Å². The molecule has 0 saturated heterocycles. The Balaban J connectivity index is 2.41. The molecule has 21 heavy (non-hydrogen) atoms. The second kappa shape index (κ2) is 7.12. The maximum Gasteiger partial charge on any atom is 0.167 e. The topological polar surface area (TPSA) is 21.3 Å². The van der Waals surface area contributed by atoms with Gasteiger partial charge in [0.05, 0.1) is 5.02 Å². The van der Waals surface area contributed by atoms with Crippen LogP contribution in [0.2, 0.25) is 10.0 Å². The maximum atomic E-state index is 14.1. The molecule has 112 valence electrons. The highest BCUT2D eigenvalue weighted by atomic mass is 35.5. The molecule has 0 spiro atoms. The number of rotatable bonds is 5. The van der Waals surface area contributed by atoms with Crippen LogP contribution in [0.3, 0.4) is 0 Å². The van der Waals surface area contributed by atoms with E-state index in [2.05, 4.69) is 5.32 Å². The van der Waals surface area contributed by atoms with Crippen molar-refractivity contribution in [3.05, 3.63) is 57.8 Å². The van der Waals surface area contributed by atoms with E-state index < -0.39 is 5.82 Å². The van der Waals surface area contributed by atoms with Crippen LogP contribution >= 0.6 is 23.2 Å². The number of ether oxygens (including phenoxy) is 1. The molecule has 2 nitrogen and oxygen atoms in total. The lowest BCUT2D eigenvalue weighted by Crippen LogP contribution is -2.18. The molecule has 0 aliphatic heterocycles. The van der Waals surface area contributed by atoms with Gasteiger partial charge in [0.1, 0.15) is 5.75 Å². The van der Waals surface area contributed by atoms with Crippen LogP contribution in [0, 0.1) is 5.82 Å².